The number of nitrogens with zero attached hydrogens (tertiary/aromatic N) is 1. The molecule has 1 rings (SSSR count). The van der Waals surface area contributed by atoms with E-state index in [0.717, 1.165) is 0 Å². The number of thiol groups is 1. The molecule has 5 atom stereocenters. The molecule has 1 aliphatic rings. The number of aliphatic hydroxyl groups excluding tert-OH is 3. The number of rotatable bonds is 2. The summed E-state index contributed by atoms with van der Waals surface area (Å²) in [4.78, 5) is 1.74. The molecule has 1 fully saturated rings. The molecule has 0 aliphatic carbocycles. The highest BCUT2D eigenvalue weighted by Gasteiger charge is 2.43. The van der Waals surface area contributed by atoms with E-state index in [2.05, 4.69) is 12.6 Å². The summed E-state index contributed by atoms with van der Waals surface area (Å²) >= 11 is 4.16. The van der Waals surface area contributed by atoms with Crippen molar-refractivity contribution in [1.29, 1.82) is 0 Å². The first-order valence-electron chi connectivity index (χ1n) is 4.46. The third-order valence-corrected chi connectivity index (χ3v) is 2.89. The van der Waals surface area contributed by atoms with Gasteiger partial charge in [-0.05, 0) is 14.1 Å². The van der Waals surface area contributed by atoms with Crippen molar-refractivity contribution < 1.29 is 20.1 Å². The molecule has 0 spiro atoms. The fourth-order valence-electron chi connectivity index (χ4n) is 1.64. The normalized spacial score (nSPS) is 44.4. The predicted octanol–water partition coefficient (Wildman–Crippen LogP) is -1.71. The zero-order valence-corrected chi connectivity index (χ0v) is 9.13. The van der Waals surface area contributed by atoms with E-state index in [1.54, 1.807) is 19.0 Å². The van der Waals surface area contributed by atoms with Crippen LogP contribution in [0, 0.1) is 0 Å². The predicted molar refractivity (Wildman–Crippen MR) is 54.2 cm³/mol. The maximum atomic E-state index is 9.75. The maximum Gasteiger partial charge on any atom is 0.119 e. The van der Waals surface area contributed by atoms with Gasteiger partial charge in [0.2, 0.25) is 0 Å². The number of hydrogen-bond acceptors (Lipinski definition) is 6. The van der Waals surface area contributed by atoms with Gasteiger partial charge in [0.15, 0.2) is 0 Å². The minimum atomic E-state index is -1.07. The minimum absolute atomic E-state index is 0.324. The average molecular weight is 223 g/mol. The van der Waals surface area contributed by atoms with Crippen LogP contribution >= 0.6 is 12.6 Å². The first-order chi connectivity index (χ1) is 6.49. The molecule has 0 unspecified atom stereocenters. The summed E-state index contributed by atoms with van der Waals surface area (Å²) in [5.41, 5.74) is -0.513. The highest BCUT2D eigenvalue weighted by atomic mass is 32.1. The zero-order valence-electron chi connectivity index (χ0n) is 8.24. The fourth-order valence-corrected chi connectivity index (χ4v) is 2.24. The Hall–Kier alpha value is 0.150. The van der Waals surface area contributed by atoms with E-state index >= 15 is 0 Å². The molecule has 0 aromatic rings. The summed E-state index contributed by atoms with van der Waals surface area (Å²) < 4.78 is 5.25. The van der Waals surface area contributed by atoms with Crippen LogP contribution in [0.3, 0.4) is 0 Å². The van der Waals surface area contributed by atoms with E-state index in [1.165, 1.54) is 0 Å². The van der Waals surface area contributed by atoms with Gasteiger partial charge in [-0.15, -0.1) is 12.6 Å². The Morgan fingerprint density at radius 2 is 1.86 bits per heavy atom. The van der Waals surface area contributed by atoms with Crippen molar-refractivity contribution in [3.8, 4) is 0 Å². The summed E-state index contributed by atoms with van der Waals surface area (Å²) in [5.74, 6) is 0. The van der Waals surface area contributed by atoms with Crippen LogP contribution < -0.4 is 0 Å². The summed E-state index contributed by atoms with van der Waals surface area (Å²) in [5, 5.41) is 28.2. The molecule has 0 aromatic carbocycles. The van der Waals surface area contributed by atoms with E-state index in [-0.39, 0.29) is 12.6 Å². The molecular formula is C8H17NO4S. The lowest BCUT2D eigenvalue weighted by Crippen LogP contribution is -2.61. The Kier molecular flexibility index (Phi) is 4.17. The lowest BCUT2D eigenvalue weighted by Gasteiger charge is -2.43. The molecule has 0 radical (unpaired) electrons. The molecule has 0 aromatic heterocycles. The molecule has 1 heterocycles. The monoisotopic (exact) mass is 223 g/mol. The van der Waals surface area contributed by atoms with Crippen molar-refractivity contribution in [3.63, 3.8) is 0 Å². The second-order valence-electron chi connectivity index (χ2n) is 3.68. The Labute approximate surface area is 88.7 Å². The SMILES string of the molecule is CN(C)[C@@H]1[C@@H](O)[C@H](O)[C@@H](CO)O[C@H]1S. The smallest absolute Gasteiger partial charge is 0.119 e. The molecule has 84 valence electrons. The van der Waals surface area contributed by atoms with Crippen LogP contribution in [-0.2, 0) is 4.74 Å². The van der Waals surface area contributed by atoms with Crippen LogP contribution in [-0.4, -0.2) is 70.7 Å². The summed E-state index contributed by atoms with van der Waals surface area (Å²) in [7, 11) is 3.54. The third kappa shape index (κ3) is 2.21. The number of aliphatic hydroxyl groups is 3. The van der Waals surface area contributed by atoms with Gasteiger partial charge in [0.1, 0.15) is 23.7 Å². The van der Waals surface area contributed by atoms with Gasteiger partial charge < -0.3 is 25.0 Å². The van der Waals surface area contributed by atoms with E-state index in [1.807, 2.05) is 0 Å². The van der Waals surface area contributed by atoms with E-state index in [9.17, 15) is 10.2 Å². The van der Waals surface area contributed by atoms with Gasteiger partial charge in [-0.3, -0.25) is 0 Å². The highest BCUT2D eigenvalue weighted by Crippen LogP contribution is 2.25. The first-order valence-corrected chi connectivity index (χ1v) is 4.97. The lowest BCUT2D eigenvalue weighted by atomic mass is 9.97. The topological polar surface area (TPSA) is 73.2 Å². The van der Waals surface area contributed by atoms with Crippen LogP contribution in [0.1, 0.15) is 0 Å². The van der Waals surface area contributed by atoms with Crippen molar-refractivity contribution in [3.05, 3.63) is 0 Å². The number of hydrogen-bond donors (Lipinski definition) is 4. The van der Waals surface area contributed by atoms with Gasteiger partial charge in [0.05, 0.1) is 12.6 Å². The number of ether oxygens (including phenoxy) is 1. The van der Waals surface area contributed by atoms with Gasteiger partial charge in [0, 0.05) is 0 Å². The van der Waals surface area contributed by atoms with Crippen LogP contribution in [0.2, 0.25) is 0 Å². The van der Waals surface area contributed by atoms with E-state index in [4.69, 9.17) is 9.84 Å². The van der Waals surface area contributed by atoms with Crippen molar-refractivity contribution in [2.24, 2.45) is 0 Å². The van der Waals surface area contributed by atoms with Gasteiger partial charge in [-0.1, -0.05) is 0 Å². The minimum Gasteiger partial charge on any atom is -0.394 e. The van der Waals surface area contributed by atoms with Crippen LogP contribution in [0.5, 0.6) is 0 Å². The molecule has 0 saturated carbocycles. The van der Waals surface area contributed by atoms with Crippen LogP contribution in [0.4, 0.5) is 0 Å². The molecule has 14 heavy (non-hydrogen) atoms. The van der Waals surface area contributed by atoms with Gasteiger partial charge in [0.25, 0.3) is 0 Å². The van der Waals surface area contributed by atoms with Crippen molar-refractivity contribution >= 4 is 12.6 Å². The summed E-state index contributed by atoms with van der Waals surface area (Å²) in [6.07, 6.45) is -2.79. The van der Waals surface area contributed by atoms with Crippen molar-refractivity contribution in [2.75, 3.05) is 20.7 Å². The first kappa shape index (κ1) is 12.2. The molecule has 3 N–H and O–H groups in total. The Morgan fingerprint density at radius 1 is 1.29 bits per heavy atom. The van der Waals surface area contributed by atoms with E-state index in [0.29, 0.717) is 0 Å². The van der Waals surface area contributed by atoms with Crippen molar-refractivity contribution in [2.45, 2.75) is 29.8 Å². The molecule has 1 aliphatic heterocycles. The highest BCUT2D eigenvalue weighted by molar-refractivity contribution is 7.80. The fraction of sp³-hybridized carbons (Fsp3) is 1.00. The van der Waals surface area contributed by atoms with E-state index < -0.39 is 23.7 Å². The second kappa shape index (κ2) is 4.78. The zero-order chi connectivity index (χ0) is 10.9. The lowest BCUT2D eigenvalue weighted by molar-refractivity contribution is -0.185. The molecule has 0 bridgehead atoms. The summed E-state index contributed by atoms with van der Waals surface area (Å²) in [6.45, 7) is -0.324. The Bertz CT molecular complexity index is 192. The van der Waals surface area contributed by atoms with Gasteiger partial charge >= 0.3 is 0 Å². The quantitative estimate of drug-likeness (QED) is 0.419. The molecule has 1 saturated heterocycles. The van der Waals surface area contributed by atoms with Gasteiger partial charge in [-0.25, -0.2) is 0 Å². The molecular weight excluding hydrogens is 206 g/mol. The molecule has 5 nitrogen and oxygen atoms in total. The second-order valence-corrected chi connectivity index (χ2v) is 4.19. The molecule has 6 heteroatoms. The van der Waals surface area contributed by atoms with Gasteiger partial charge in [-0.2, -0.15) is 0 Å². The third-order valence-electron chi connectivity index (χ3n) is 2.46. The van der Waals surface area contributed by atoms with Crippen molar-refractivity contribution in [1.82, 2.24) is 4.90 Å². The Balaban J connectivity index is 2.74. The molecule has 0 amide bonds. The Morgan fingerprint density at radius 3 is 2.29 bits per heavy atom. The standard InChI is InChI=1S/C8H17NO4S/c1-9(2)5-7(12)6(11)4(3-10)13-8(5)14/h4-8,10-12,14H,3H2,1-2H3/t4-,5-,6-,7-,8+/m1/s1. The average Bonchev–Trinajstić information content (AvgIpc) is 2.10. The maximum absolute atomic E-state index is 9.75. The van der Waals surface area contributed by atoms with Crippen LogP contribution in [0.25, 0.3) is 0 Å². The number of likely N-dealkylation sites (N-methyl/N-ethyl adjacent to an activating group) is 1. The van der Waals surface area contributed by atoms with Crippen LogP contribution in [0.15, 0.2) is 0 Å². The largest absolute Gasteiger partial charge is 0.394 e. The summed E-state index contributed by atoms with van der Waals surface area (Å²) in [6, 6.07) is -0.379.